The first-order valence-electron chi connectivity index (χ1n) is 8.16. The highest BCUT2D eigenvalue weighted by atomic mass is 16.6. The molecule has 0 saturated carbocycles. The first kappa shape index (κ1) is 15.8. The Morgan fingerprint density at radius 1 is 1.32 bits per heavy atom. The minimum absolute atomic E-state index is 0.186. The molecule has 0 aromatic rings. The number of ether oxygens (including phenoxy) is 3. The summed E-state index contributed by atoms with van der Waals surface area (Å²) >= 11 is 0. The van der Waals surface area contributed by atoms with Crippen LogP contribution in [0.15, 0.2) is 23.8 Å². The monoisotopic (exact) mass is 306 g/mol. The van der Waals surface area contributed by atoms with E-state index >= 15 is 0 Å². The second kappa shape index (κ2) is 5.50. The van der Waals surface area contributed by atoms with Gasteiger partial charge in [-0.2, -0.15) is 0 Å². The number of rotatable bonds is 4. The molecular weight excluding hydrogens is 280 g/mol. The summed E-state index contributed by atoms with van der Waals surface area (Å²) in [5.41, 5.74) is 0.575. The maximum absolute atomic E-state index is 11.5. The van der Waals surface area contributed by atoms with Crippen molar-refractivity contribution in [1.29, 1.82) is 0 Å². The average Bonchev–Trinajstić information content (AvgIpc) is 2.86. The van der Waals surface area contributed by atoms with Gasteiger partial charge in [-0.1, -0.05) is 23.8 Å². The summed E-state index contributed by atoms with van der Waals surface area (Å²) in [6, 6.07) is 0. The van der Waals surface area contributed by atoms with Crippen molar-refractivity contribution in [3.05, 3.63) is 23.8 Å². The Bertz CT molecular complexity index is 523. The van der Waals surface area contributed by atoms with Gasteiger partial charge in [0.25, 0.3) is 0 Å². The second-order valence-corrected chi connectivity index (χ2v) is 7.28. The van der Waals surface area contributed by atoms with Crippen molar-refractivity contribution in [2.24, 2.45) is 5.92 Å². The topological polar surface area (TPSA) is 44.8 Å². The highest BCUT2D eigenvalue weighted by Gasteiger charge is 2.65. The van der Waals surface area contributed by atoms with E-state index in [0.29, 0.717) is 12.5 Å². The van der Waals surface area contributed by atoms with Gasteiger partial charge in [-0.25, -0.2) is 0 Å². The van der Waals surface area contributed by atoms with E-state index in [1.54, 1.807) is 0 Å². The molecular formula is C18H26O4. The molecule has 4 nitrogen and oxygen atoms in total. The Balaban J connectivity index is 1.71. The molecule has 3 aliphatic rings. The molecule has 1 aliphatic carbocycles. The average molecular weight is 306 g/mol. The molecule has 2 fully saturated rings. The zero-order chi connectivity index (χ0) is 16.0. The zero-order valence-electron chi connectivity index (χ0n) is 13.9. The van der Waals surface area contributed by atoms with E-state index in [1.165, 1.54) is 12.5 Å². The van der Waals surface area contributed by atoms with Gasteiger partial charge in [0, 0.05) is 12.8 Å². The van der Waals surface area contributed by atoms with Crippen LogP contribution in [0.5, 0.6) is 0 Å². The van der Waals surface area contributed by atoms with Crippen LogP contribution in [0, 0.1) is 5.92 Å². The summed E-state index contributed by atoms with van der Waals surface area (Å²) in [5, 5.41) is 0. The highest BCUT2D eigenvalue weighted by molar-refractivity contribution is 5.66. The quantitative estimate of drug-likeness (QED) is 0.748. The van der Waals surface area contributed by atoms with Crippen molar-refractivity contribution >= 4 is 5.97 Å². The molecule has 0 aromatic carbocycles. The number of carbonyl (C=O) groups excluding carboxylic acids is 1. The Morgan fingerprint density at radius 2 is 2.00 bits per heavy atom. The molecule has 5 atom stereocenters. The van der Waals surface area contributed by atoms with Gasteiger partial charge in [-0.05, 0) is 40.0 Å². The lowest BCUT2D eigenvalue weighted by Gasteiger charge is -2.36. The maximum atomic E-state index is 11.5. The van der Waals surface area contributed by atoms with E-state index in [4.69, 9.17) is 14.2 Å². The summed E-state index contributed by atoms with van der Waals surface area (Å²) in [6.07, 6.45) is 8.77. The Labute approximate surface area is 132 Å². The molecule has 122 valence electrons. The minimum Gasteiger partial charge on any atom is -0.457 e. The van der Waals surface area contributed by atoms with Crippen molar-refractivity contribution in [1.82, 2.24) is 0 Å². The van der Waals surface area contributed by atoms with Crippen molar-refractivity contribution in [3.8, 4) is 0 Å². The zero-order valence-corrected chi connectivity index (χ0v) is 13.9. The number of esters is 1. The molecule has 0 N–H and O–H groups in total. The van der Waals surface area contributed by atoms with Gasteiger partial charge in [0.05, 0.1) is 12.2 Å². The molecule has 0 amide bonds. The number of fused-ring (bicyclic) bond motifs is 2. The van der Waals surface area contributed by atoms with E-state index in [-0.39, 0.29) is 23.8 Å². The molecule has 3 rings (SSSR count). The molecule has 4 heteroatoms. The predicted molar refractivity (Wildman–Crippen MR) is 83.4 cm³/mol. The van der Waals surface area contributed by atoms with Gasteiger partial charge in [-0.15, -0.1) is 0 Å². The normalized spacial score (nSPS) is 43.3. The van der Waals surface area contributed by atoms with Crippen LogP contribution < -0.4 is 0 Å². The first-order valence-corrected chi connectivity index (χ1v) is 8.16. The van der Waals surface area contributed by atoms with Gasteiger partial charge in [0.2, 0.25) is 0 Å². The van der Waals surface area contributed by atoms with Crippen LogP contribution in [0.2, 0.25) is 0 Å². The fourth-order valence-electron chi connectivity index (χ4n) is 4.01. The fraction of sp³-hybridized carbons (Fsp3) is 0.722. The molecule has 2 aliphatic heterocycles. The third-order valence-corrected chi connectivity index (χ3v) is 5.39. The second-order valence-electron chi connectivity index (χ2n) is 7.28. The number of allylic oxidation sites excluding steroid dienone is 3. The summed E-state index contributed by atoms with van der Waals surface area (Å²) in [6.45, 7) is 8.35. The van der Waals surface area contributed by atoms with E-state index in [0.717, 1.165) is 19.3 Å². The smallest absolute Gasteiger partial charge is 0.303 e. The molecule has 5 unspecified atom stereocenters. The van der Waals surface area contributed by atoms with E-state index in [9.17, 15) is 4.79 Å². The summed E-state index contributed by atoms with van der Waals surface area (Å²) < 4.78 is 18.0. The van der Waals surface area contributed by atoms with Gasteiger partial charge < -0.3 is 14.2 Å². The molecule has 2 bridgehead atoms. The third kappa shape index (κ3) is 2.63. The van der Waals surface area contributed by atoms with E-state index in [2.05, 4.69) is 32.1 Å². The largest absolute Gasteiger partial charge is 0.457 e. The van der Waals surface area contributed by atoms with Crippen LogP contribution in [0.4, 0.5) is 0 Å². The molecule has 2 saturated heterocycles. The number of carbonyl (C=O) groups is 1. The van der Waals surface area contributed by atoms with Crippen LogP contribution >= 0.6 is 0 Å². The van der Waals surface area contributed by atoms with Gasteiger partial charge >= 0.3 is 5.97 Å². The Hall–Kier alpha value is -1.13. The molecule has 2 heterocycles. The molecule has 0 aromatic heterocycles. The van der Waals surface area contributed by atoms with E-state index < -0.39 is 5.60 Å². The highest BCUT2D eigenvalue weighted by Crippen LogP contribution is 2.53. The summed E-state index contributed by atoms with van der Waals surface area (Å²) in [4.78, 5) is 11.5. The molecule has 0 radical (unpaired) electrons. The maximum Gasteiger partial charge on any atom is 0.303 e. The lowest BCUT2D eigenvalue weighted by molar-refractivity contribution is -0.162. The predicted octanol–water partition coefficient (Wildman–Crippen LogP) is 3.17. The lowest BCUT2D eigenvalue weighted by Crippen LogP contribution is -2.51. The Kier molecular flexibility index (Phi) is 3.94. The first-order chi connectivity index (χ1) is 10.3. The fourth-order valence-corrected chi connectivity index (χ4v) is 4.01. The van der Waals surface area contributed by atoms with Crippen LogP contribution in [0.25, 0.3) is 0 Å². The third-order valence-electron chi connectivity index (χ3n) is 5.39. The molecule has 22 heavy (non-hydrogen) atoms. The van der Waals surface area contributed by atoms with Gasteiger partial charge in [-0.3, -0.25) is 4.79 Å². The summed E-state index contributed by atoms with van der Waals surface area (Å²) in [7, 11) is 0. The van der Waals surface area contributed by atoms with Crippen LogP contribution in [-0.4, -0.2) is 36.0 Å². The van der Waals surface area contributed by atoms with Crippen molar-refractivity contribution in [2.75, 3.05) is 6.61 Å². The SMILES string of the molecule is CC(=O)OC1C(OCC2CC=CC=C2C)C2(C)CCC1(C)O2. The number of hydrogen-bond acceptors (Lipinski definition) is 4. The Morgan fingerprint density at radius 3 is 2.64 bits per heavy atom. The van der Waals surface area contributed by atoms with Crippen LogP contribution in [0.3, 0.4) is 0 Å². The van der Waals surface area contributed by atoms with Crippen LogP contribution in [0.1, 0.15) is 47.0 Å². The van der Waals surface area contributed by atoms with Gasteiger partial charge in [0.15, 0.2) is 6.10 Å². The number of hydrogen-bond donors (Lipinski definition) is 0. The standard InChI is InChI=1S/C18H26O4/c1-12-7-5-6-8-14(12)11-20-15-16(21-13(2)19)18(4)10-9-17(15,3)22-18/h5-7,14-16H,8-11H2,1-4H3. The van der Waals surface area contributed by atoms with Crippen molar-refractivity contribution in [3.63, 3.8) is 0 Å². The van der Waals surface area contributed by atoms with Crippen molar-refractivity contribution in [2.45, 2.75) is 70.4 Å². The van der Waals surface area contributed by atoms with Crippen molar-refractivity contribution < 1.29 is 19.0 Å². The minimum atomic E-state index is -0.414. The van der Waals surface area contributed by atoms with Crippen LogP contribution in [-0.2, 0) is 19.0 Å². The molecule has 0 spiro atoms. The summed E-state index contributed by atoms with van der Waals surface area (Å²) in [5.74, 6) is 0.134. The van der Waals surface area contributed by atoms with Gasteiger partial charge in [0.1, 0.15) is 11.7 Å². The lowest BCUT2D eigenvalue weighted by atomic mass is 9.79. The van der Waals surface area contributed by atoms with E-state index in [1.807, 2.05) is 6.92 Å².